The number of cyclic esters (lactones) is 1. The SMILES string of the molecule is C[Si](C)(C)C1=C2CC[C@@H]3CCCCN(C(=O)O1)[C@H]23. The maximum absolute atomic E-state index is 12.2. The molecule has 2 fully saturated rings. The molecule has 0 spiro atoms. The molecule has 1 amide bonds. The van der Waals surface area contributed by atoms with E-state index in [1.807, 2.05) is 4.90 Å². The molecule has 3 aliphatic rings. The summed E-state index contributed by atoms with van der Waals surface area (Å²) in [6.45, 7) is 7.73. The maximum Gasteiger partial charge on any atom is 0.415 e. The molecule has 1 saturated carbocycles. The van der Waals surface area contributed by atoms with Gasteiger partial charge in [-0.3, -0.25) is 0 Å². The van der Waals surface area contributed by atoms with Crippen molar-refractivity contribution in [3.63, 3.8) is 0 Å². The van der Waals surface area contributed by atoms with Gasteiger partial charge in [0.1, 0.15) is 8.07 Å². The fraction of sp³-hybridized carbons (Fsp3) is 0.786. The Labute approximate surface area is 110 Å². The van der Waals surface area contributed by atoms with Crippen LogP contribution >= 0.6 is 0 Å². The average Bonchev–Trinajstić information content (AvgIpc) is 2.56. The summed E-state index contributed by atoms with van der Waals surface area (Å²) in [4.78, 5) is 14.3. The zero-order chi connectivity index (χ0) is 12.9. The molecule has 1 saturated heterocycles. The van der Waals surface area contributed by atoms with Gasteiger partial charge in [0.05, 0.1) is 11.4 Å². The van der Waals surface area contributed by atoms with Gasteiger partial charge >= 0.3 is 6.09 Å². The molecule has 0 unspecified atom stereocenters. The van der Waals surface area contributed by atoms with E-state index in [4.69, 9.17) is 4.74 Å². The smallest absolute Gasteiger partial charge is 0.415 e. The summed E-state index contributed by atoms with van der Waals surface area (Å²) in [5, 5.41) is 1.10. The van der Waals surface area contributed by atoms with Crippen LogP contribution in [0.5, 0.6) is 0 Å². The zero-order valence-corrected chi connectivity index (χ0v) is 12.7. The summed E-state index contributed by atoms with van der Waals surface area (Å²) in [7, 11) is -1.54. The average molecular weight is 265 g/mol. The van der Waals surface area contributed by atoms with Crippen LogP contribution in [0.25, 0.3) is 0 Å². The van der Waals surface area contributed by atoms with Crippen LogP contribution in [-0.2, 0) is 4.74 Å². The third-order valence-corrected chi connectivity index (χ3v) is 6.33. The van der Waals surface area contributed by atoms with Crippen LogP contribution < -0.4 is 0 Å². The largest absolute Gasteiger partial charge is 0.420 e. The van der Waals surface area contributed by atoms with Crippen molar-refractivity contribution >= 4 is 14.2 Å². The molecule has 0 aromatic rings. The second-order valence-electron chi connectivity index (χ2n) is 6.91. The predicted octanol–water partition coefficient (Wildman–Crippen LogP) is 3.53. The normalized spacial score (nSPS) is 32.2. The zero-order valence-electron chi connectivity index (χ0n) is 11.7. The van der Waals surface area contributed by atoms with Crippen LogP contribution in [0.3, 0.4) is 0 Å². The summed E-state index contributed by atoms with van der Waals surface area (Å²) in [6, 6.07) is 0.385. The lowest BCUT2D eigenvalue weighted by molar-refractivity contribution is 0.100. The monoisotopic (exact) mass is 265 g/mol. The van der Waals surface area contributed by atoms with Crippen LogP contribution in [0.2, 0.25) is 19.6 Å². The first-order valence-corrected chi connectivity index (χ1v) is 10.7. The van der Waals surface area contributed by atoms with E-state index in [1.165, 1.54) is 24.8 Å². The highest BCUT2D eigenvalue weighted by Crippen LogP contribution is 2.45. The summed E-state index contributed by atoms with van der Waals surface area (Å²) in [6.07, 6.45) is 6.02. The molecule has 4 heteroatoms. The predicted molar refractivity (Wildman–Crippen MR) is 73.9 cm³/mol. The summed E-state index contributed by atoms with van der Waals surface area (Å²) >= 11 is 0. The molecule has 0 aromatic heterocycles. The summed E-state index contributed by atoms with van der Waals surface area (Å²) < 4.78 is 5.73. The Balaban J connectivity index is 2.06. The van der Waals surface area contributed by atoms with Crippen molar-refractivity contribution in [3.05, 3.63) is 11.0 Å². The lowest BCUT2D eigenvalue weighted by Gasteiger charge is -2.39. The molecule has 2 atom stereocenters. The molecule has 1 aliphatic carbocycles. The van der Waals surface area contributed by atoms with Gasteiger partial charge in [0.2, 0.25) is 0 Å². The Hall–Kier alpha value is -0.773. The number of rotatable bonds is 1. The standard InChI is InChI=1S/C14H23NO2Si/c1-18(2,3)13-11-8-7-10-6-4-5-9-15(12(10)11)14(16)17-13/h10,12H,4-9H2,1-3H3/t10-,12-/m0/s1. The molecule has 18 heavy (non-hydrogen) atoms. The number of nitrogens with zero attached hydrogens (tertiary/aromatic N) is 1. The van der Waals surface area contributed by atoms with Gasteiger partial charge in [0.15, 0.2) is 0 Å². The fourth-order valence-corrected chi connectivity index (χ4v) is 5.43. The Morgan fingerprint density at radius 1 is 1.22 bits per heavy atom. The lowest BCUT2D eigenvalue weighted by atomic mass is 9.97. The molecule has 2 heterocycles. The molecule has 0 radical (unpaired) electrons. The number of carbonyl (C=O) groups is 1. The number of hydrogen-bond donors (Lipinski definition) is 0. The van der Waals surface area contributed by atoms with Gasteiger partial charge in [0.25, 0.3) is 0 Å². The first-order valence-electron chi connectivity index (χ1n) is 7.20. The second-order valence-corrected chi connectivity index (χ2v) is 11.9. The molecule has 0 bridgehead atoms. The van der Waals surface area contributed by atoms with Crippen molar-refractivity contribution in [1.82, 2.24) is 4.90 Å². The Morgan fingerprint density at radius 2 is 2.00 bits per heavy atom. The molecule has 0 aromatic carbocycles. The van der Waals surface area contributed by atoms with E-state index in [0.717, 1.165) is 24.8 Å². The highest BCUT2D eigenvalue weighted by Gasteiger charge is 2.47. The Bertz CT molecular complexity index is 411. The van der Waals surface area contributed by atoms with Crippen molar-refractivity contribution in [1.29, 1.82) is 0 Å². The van der Waals surface area contributed by atoms with Crippen LogP contribution in [0.4, 0.5) is 4.79 Å². The minimum Gasteiger partial charge on any atom is -0.420 e. The van der Waals surface area contributed by atoms with Crippen molar-refractivity contribution in [2.75, 3.05) is 6.54 Å². The van der Waals surface area contributed by atoms with E-state index in [0.29, 0.717) is 12.0 Å². The number of amides is 1. The van der Waals surface area contributed by atoms with E-state index >= 15 is 0 Å². The van der Waals surface area contributed by atoms with Gasteiger partial charge in [-0.05, 0) is 37.2 Å². The van der Waals surface area contributed by atoms with Crippen molar-refractivity contribution in [3.8, 4) is 0 Å². The van der Waals surface area contributed by atoms with Gasteiger partial charge in [-0.1, -0.05) is 26.1 Å². The van der Waals surface area contributed by atoms with E-state index < -0.39 is 8.07 Å². The third-order valence-electron chi connectivity index (χ3n) is 4.54. The van der Waals surface area contributed by atoms with Crippen molar-refractivity contribution < 1.29 is 9.53 Å². The van der Waals surface area contributed by atoms with Crippen molar-refractivity contribution in [2.24, 2.45) is 5.92 Å². The van der Waals surface area contributed by atoms with Gasteiger partial charge in [-0.2, -0.15) is 0 Å². The summed E-state index contributed by atoms with van der Waals surface area (Å²) in [5.74, 6) is 0.696. The van der Waals surface area contributed by atoms with Gasteiger partial charge < -0.3 is 9.64 Å². The number of ether oxygens (including phenoxy) is 1. The maximum atomic E-state index is 12.2. The Kier molecular flexibility index (Phi) is 2.81. The number of hydrogen-bond acceptors (Lipinski definition) is 2. The van der Waals surface area contributed by atoms with Gasteiger partial charge in [0, 0.05) is 6.54 Å². The second kappa shape index (κ2) is 4.12. The van der Waals surface area contributed by atoms with Crippen LogP contribution in [-0.4, -0.2) is 31.7 Å². The molecule has 2 aliphatic heterocycles. The van der Waals surface area contributed by atoms with E-state index in [-0.39, 0.29) is 6.09 Å². The summed E-state index contributed by atoms with van der Waals surface area (Å²) in [5.41, 5.74) is 1.47. The van der Waals surface area contributed by atoms with Gasteiger partial charge in [-0.25, -0.2) is 4.79 Å². The van der Waals surface area contributed by atoms with E-state index in [1.54, 1.807) is 0 Å². The quantitative estimate of drug-likeness (QED) is 0.679. The van der Waals surface area contributed by atoms with Crippen molar-refractivity contribution in [2.45, 2.75) is 57.8 Å². The number of carbonyl (C=O) groups excluding carboxylic acids is 1. The molecule has 3 rings (SSSR count). The highest BCUT2D eigenvalue weighted by atomic mass is 28.3. The minimum absolute atomic E-state index is 0.0741. The van der Waals surface area contributed by atoms with E-state index in [2.05, 4.69) is 19.6 Å². The van der Waals surface area contributed by atoms with E-state index in [9.17, 15) is 4.79 Å². The Morgan fingerprint density at radius 3 is 2.72 bits per heavy atom. The van der Waals surface area contributed by atoms with Crippen LogP contribution in [0, 0.1) is 5.92 Å². The minimum atomic E-state index is -1.54. The van der Waals surface area contributed by atoms with Crippen LogP contribution in [0.1, 0.15) is 32.1 Å². The lowest BCUT2D eigenvalue weighted by Crippen LogP contribution is -2.49. The molecule has 100 valence electrons. The van der Waals surface area contributed by atoms with Gasteiger partial charge in [-0.15, -0.1) is 0 Å². The van der Waals surface area contributed by atoms with Crippen LogP contribution in [0.15, 0.2) is 11.0 Å². The molecular weight excluding hydrogens is 242 g/mol. The topological polar surface area (TPSA) is 29.5 Å². The molecule has 0 N–H and O–H groups in total. The molecular formula is C14H23NO2Si. The fourth-order valence-electron chi connectivity index (χ4n) is 3.80. The highest BCUT2D eigenvalue weighted by molar-refractivity contribution is 6.82. The third kappa shape index (κ3) is 1.81. The first-order chi connectivity index (χ1) is 8.48. The first kappa shape index (κ1) is 12.3. The molecule has 3 nitrogen and oxygen atoms in total.